The van der Waals surface area contributed by atoms with Crippen molar-refractivity contribution in [1.29, 1.82) is 0 Å². The summed E-state index contributed by atoms with van der Waals surface area (Å²) in [6.45, 7) is 5.77. The lowest BCUT2D eigenvalue weighted by Gasteiger charge is -2.15. The van der Waals surface area contributed by atoms with Crippen molar-refractivity contribution < 1.29 is 14.2 Å². The van der Waals surface area contributed by atoms with E-state index in [2.05, 4.69) is 15.6 Å². The molecule has 27 heavy (non-hydrogen) atoms. The van der Waals surface area contributed by atoms with Gasteiger partial charge in [-0.05, 0) is 43.7 Å². The molecule has 0 aliphatic heterocycles. The number of rotatable bonds is 8. The van der Waals surface area contributed by atoms with E-state index in [-0.39, 0.29) is 24.0 Å². The van der Waals surface area contributed by atoms with Crippen LogP contribution in [-0.2, 0) is 6.54 Å². The van der Waals surface area contributed by atoms with Crippen LogP contribution < -0.4 is 24.8 Å². The van der Waals surface area contributed by atoms with Crippen LogP contribution in [0.5, 0.6) is 17.2 Å². The first-order valence-corrected chi connectivity index (χ1v) is 8.70. The van der Waals surface area contributed by atoms with Crippen LogP contribution in [0.2, 0.25) is 0 Å². The minimum Gasteiger partial charge on any atom is -0.494 e. The number of guanidine groups is 1. The van der Waals surface area contributed by atoms with Crippen molar-refractivity contribution in [3.8, 4) is 17.2 Å². The summed E-state index contributed by atoms with van der Waals surface area (Å²) >= 11 is 0. The Balaban J connectivity index is 0.00000364. The molecule has 0 unspecified atom stereocenters. The lowest BCUT2D eigenvalue weighted by Crippen LogP contribution is -2.30. The molecule has 6 nitrogen and oxygen atoms in total. The van der Waals surface area contributed by atoms with Crippen LogP contribution in [-0.4, -0.2) is 33.3 Å². The van der Waals surface area contributed by atoms with Gasteiger partial charge in [-0.15, -0.1) is 24.0 Å². The number of anilines is 1. The van der Waals surface area contributed by atoms with Crippen LogP contribution in [0.1, 0.15) is 19.4 Å². The van der Waals surface area contributed by atoms with Crippen molar-refractivity contribution in [2.75, 3.05) is 32.7 Å². The van der Waals surface area contributed by atoms with Gasteiger partial charge in [-0.1, -0.05) is 12.1 Å². The third-order valence-electron chi connectivity index (χ3n) is 3.62. The fourth-order valence-corrected chi connectivity index (χ4v) is 2.44. The van der Waals surface area contributed by atoms with Gasteiger partial charge in [0.25, 0.3) is 0 Å². The zero-order valence-electron chi connectivity index (χ0n) is 16.2. The Morgan fingerprint density at radius 1 is 1.00 bits per heavy atom. The maximum absolute atomic E-state index is 5.61. The summed E-state index contributed by atoms with van der Waals surface area (Å²) < 4.78 is 16.5. The number of nitrogens with zero attached hydrogens (tertiary/aromatic N) is 1. The molecule has 0 spiro atoms. The van der Waals surface area contributed by atoms with Crippen molar-refractivity contribution in [2.45, 2.75) is 20.4 Å². The summed E-state index contributed by atoms with van der Waals surface area (Å²) in [5, 5.41) is 6.56. The Labute approximate surface area is 178 Å². The minimum atomic E-state index is 0. The molecule has 0 aliphatic rings. The highest BCUT2D eigenvalue weighted by atomic mass is 127. The molecule has 148 valence electrons. The Morgan fingerprint density at radius 3 is 2.44 bits per heavy atom. The lowest BCUT2D eigenvalue weighted by molar-refractivity contribution is 0.311. The normalized spacial score (nSPS) is 10.6. The summed E-state index contributed by atoms with van der Waals surface area (Å²) in [6.07, 6.45) is 0. The van der Waals surface area contributed by atoms with E-state index in [9.17, 15) is 0 Å². The van der Waals surface area contributed by atoms with Crippen LogP contribution in [0.4, 0.5) is 5.69 Å². The number of ether oxygens (including phenoxy) is 3. The predicted octanol–water partition coefficient (Wildman–Crippen LogP) is 4.30. The van der Waals surface area contributed by atoms with Crippen LogP contribution in [0.3, 0.4) is 0 Å². The molecule has 0 amide bonds. The van der Waals surface area contributed by atoms with E-state index in [0.29, 0.717) is 37.2 Å². The van der Waals surface area contributed by atoms with Crippen molar-refractivity contribution in [2.24, 2.45) is 4.99 Å². The summed E-state index contributed by atoms with van der Waals surface area (Å²) in [7, 11) is 3.36. The number of methoxy groups -OCH3 is 1. The fraction of sp³-hybridized carbons (Fsp3) is 0.350. The molecule has 0 fully saturated rings. The molecule has 0 heterocycles. The molecule has 2 N–H and O–H groups in total. The number of benzene rings is 2. The van der Waals surface area contributed by atoms with Gasteiger partial charge in [0.1, 0.15) is 5.75 Å². The molecular formula is C20H28IN3O3. The fourth-order valence-electron chi connectivity index (χ4n) is 2.44. The molecule has 2 aromatic carbocycles. The van der Waals surface area contributed by atoms with E-state index in [4.69, 9.17) is 14.2 Å². The van der Waals surface area contributed by atoms with E-state index in [0.717, 1.165) is 17.0 Å². The largest absolute Gasteiger partial charge is 0.494 e. The van der Waals surface area contributed by atoms with Crippen molar-refractivity contribution >= 4 is 35.6 Å². The van der Waals surface area contributed by atoms with Gasteiger partial charge in [0.15, 0.2) is 17.5 Å². The monoisotopic (exact) mass is 485 g/mol. The molecule has 0 atom stereocenters. The summed E-state index contributed by atoms with van der Waals surface area (Å²) in [5.74, 6) is 2.93. The molecule has 0 saturated carbocycles. The van der Waals surface area contributed by atoms with E-state index in [1.165, 1.54) is 0 Å². The van der Waals surface area contributed by atoms with E-state index < -0.39 is 0 Å². The van der Waals surface area contributed by atoms with Gasteiger partial charge in [-0.25, -0.2) is 0 Å². The van der Waals surface area contributed by atoms with Crippen molar-refractivity contribution in [1.82, 2.24) is 5.32 Å². The van der Waals surface area contributed by atoms with E-state index in [1.807, 2.05) is 56.3 Å². The number of hydrogen-bond donors (Lipinski definition) is 2. The average Bonchev–Trinajstić information content (AvgIpc) is 2.66. The number of halogens is 1. The molecule has 0 bridgehead atoms. The molecule has 0 radical (unpaired) electrons. The summed E-state index contributed by atoms with van der Waals surface area (Å²) in [6, 6.07) is 13.7. The first-order valence-electron chi connectivity index (χ1n) is 8.70. The van der Waals surface area contributed by atoms with Gasteiger partial charge >= 0.3 is 0 Å². The Morgan fingerprint density at radius 2 is 1.78 bits per heavy atom. The van der Waals surface area contributed by atoms with Crippen LogP contribution >= 0.6 is 24.0 Å². The smallest absolute Gasteiger partial charge is 0.195 e. The van der Waals surface area contributed by atoms with Crippen LogP contribution in [0.15, 0.2) is 47.5 Å². The highest BCUT2D eigenvalue weighted by Gasteiger charge is 2.07. The maximum atomic E-state index is 5.61. The summed E-state index contributed by atoms with van der Waals surface area (Å²) in [5.41, 5.74) is 1.98. The molecule has 7 heteroatoms. The molecule has 2 aromatic rings. The second-order valence-electron chi connectivity index (χ2n) is 5.43. The third kappa shape index (κ3) is 7.16. The second-order valence-corrected chi connectivity index (χ2v) is 5.43. The van der Waals surface area contributed by atoms with Crippen LogP contribution in [0, 0.1) is 0 Å². The summed E-state index contributed by atoms with van der Waals surface area (Å²) in [4.78, 5) is 4.27. The number of aliphatic imine (C=N–C) groups is 1. The second kappa shape index (κ2) is 12.3. The third-order valence-corrected chi connectivity index (χ3v) is 3.62. The first kappa shape index (κ1) is 22.9. The molecule has 0 saturated heterocycles. The van der Waals surface area contributed by atoms with E-state index in [1.54, 1.807) is 14.2 Å². The predicted molar refractivity (Wildman–Crippen MR) is 121 cm³/mol. The van der Waals surface area contributed by atoms with Gasteiger partial charge in [0, 0.05) is 25.3 Å². The van der Waals surface area contributed by atoms with Gasteiger partial charge in [0.05, 0.1) is 20.3 Å². The Bertz CT molecular complexity index is 738. The highest BCUT2D eigenvalue weighted by molar-refractivity contribution is 14.0. The van der Waals surface area contributed by atoms with E-state index >= 15 is 0 Å². The molecule has 0 aliphatic carbocycles. The van der Waals surface area contributed by atoms with Crippen LogP contribution in [0.25, 0.3) is 0 Å². The topological polar surface area (TPSA) is 64.1 Å². The standard InChI is InChI=1S/C20H27N3O3.HI/c1-5-25-17-9-7-8-15(12-17)14-22-20(21-3)23-16-10-11-18(24-4)19(13-16)26-6-2;/h7-13H,5-6,14H2,1-4H3,(H2,21,22,23);1H. The maximum Gasteiger partial charge on any atom is 0.195 e. The van der Waals surface area contributed by atoms with Crippen molar-refractivity contribution in [3.63, 3.8) is 0 Å². The first-order chi connectivity index (χ1) is 12.7. The molecular weight excluding hydrogens is 457 g/mol. The zero-order chi connectivity index (χ0) is 18.8. The van der Waals surface area contributed by atoms with Gasteiger partial charge in [-0.3, -0.25) is 4.99 Å². The minimum absolute atomic E-state index is 0. The quantitative estimate of drug-likeness (QED) is 0.332. The molecule has 0 aromatic heterocycles. The SMILES string of the molecule is CCOc1cccc(CNC(=NC)Nc2ccc(OC)c(OCC)c2)c1.I. The zero-order valence-corrected chi connectivity index (χ0v) is 18.6. The van der Waals surface area contributed by atoms with Gasteiger partial charge < -0.3 is 24.8 Å². The number of nitrogens with one attached hydrogen (secondary N) is 2. The Hall–Kier alpha value is -2.16. The number of hydrogen-bond acceptors (Lipinski definition) is 4. The van der Waals surface area contributed by atoms with Gasteiger partial charge in [0.2, 0.25) is 0 Å². The van der Waals surface area contributed by atoms with Crippen molar-refractivity contribution in [3.05, 3.63) is 48.0 Å². The Kier molecular flexibility index (Phi) is 10.4. The highest BCUT2D eigenvalue weighted by Crippen LogP contribution is 2.30. The van der Waals surface area contributed by atoms with Gasteiger partial charge in [-0.2, -0.15) is 0 Å². The molecule has 2 rings (SSSR count). The lowest BCUT2D eigenvalue weighted by atomic mass is 10.2. The average molecular weight is 485 g/mol.